The van der Waals surface area contributed by atoms with E-state index in [0.717, 1.165) is 12.1 Å². The van der Waals surface area contributed by atoms with Crippen molar-refractivity contribution >= 4 is 59.6 Å². The molecule has 0 aliphatic carbocycles. The van der Waals surface area contributed by atoms with Crippen LogP contribution >= 0.6 is 32.2 Å². The van der Waals surface area contributed by atoms with E-state index in [4.69, 9.17) is 7.80 Å². The van der Waals surface area contributed by atoms with Gasteiger partial charge in [-0.05, 0) is 31.2 Å². The highest BCUT2D eigenvalue weighted by molar-refractivity contribution is 14.1. The van der Waals surface area contributed by atoms with E-state index in [1.54, 1.807) is 29.9 Å². The summed E-state index contributed by atoms with van der Waals surface area (Å²) < 4.78 is 64.8. The van der Waals surface area contributed by atoms with Crippen LogP contribution in [0.25, 0.3) is 0 Å². The van der Waals surface area contributed by atoms with Gasteiger partial charge in [-0.25, -0.2) is 8.42 Å². The summed E-state index contributed by atoms with van der Waals surface area (Å²) in [4.78, 5) is 11.7. The van der Waals surface area contributed by atoms with Crippen molar-refractivity contribution in [3.8, 4) is 5.75 Å². The number of nitrogens with one attached hydrogen (secondary N) is 2. The van der Waals surface area contributed by atoms with E-state index >= 15 is 0 Å². The third kappa shape index (κ3) is 7.00. The normalized spacial score (nSPS) is 11.8. The molecule has 2 aromatic carbocycles. The molecule has 0 aromatic heterocycles. The lowest BCUT2D eigenvalue weighted by Crippen LogP contribution is -2.16. The predicted octanol–water partition coefficient (Wildman–Crippen LogP) is 4.51. The Morgan fingerprint density at radius 3 is 2.37 bits per heavy atom. The average molecular weight is 572 g/mol. The fourth-order valence-corrected chi connectivity index (χ4v) is 4.00. The van der Waals surface area contributed by atoms with E-state index < -0.39 is 15.7 Å². The van der Waals surface area contributed by atoms with Crippen molar-refractivity contribution < 1.29 is 29.8 Å². The Hall–Kier alpha value is -1.56. The maximum atomic E-state index is 13.3. The maximum Gasteiger partial charge on any atom is 0.283 e. The van der Waals surface area contributed by atoms with Crippen molar-refractivity contribution in [3.05, 3.63) is 48.0 Å². The summed E-state index contributed by atoms with van der Waals surface area (Å²) in [7, 11) is -2.65. The van der Waals surface area contributed by atoms with Gasteiger partial charge in [-0.1, -0.05) is 21.4 Å². The number of carbonyl (C=O) groups excluding carboxylic acids is 1. The minimum Gasteiger partial charge on any atom is -0.492 e. The van der Waals surface area contributed by atoms with Gasteiger partial charge >= 0.3 is 0 Å². The third-order valence-corrected chi connectivity index (χ3v) is 5.94. The predicted molar refractivity (Wildman–Crippen MR) is 122 cm³/mol. The minimum atomic E-state index is -4.08. The molecule has 0 aliphatic rings. The number of rotatable bonds is 10. The first-order valence-corrected chi connectivity index (χ1v) is 11.6. The van der Waals surface area contributed by atoms with Crippen LogP contribution in [0.4, 0.5) is 20.2 Å². The van der Waals surface area contributed by atoms with Crippen LogP contribution in [0.15, 0.2) is 47.4 Å². The highest BCUT2D eigenvalue weighted by Gasteiger charge is 2.25. The number of hydrogen-bond acceptors (Lipinski definition) is 5. The van der Waals surface area contributed by atoms with Crippen molar-refractivity contribution in [2.75, 3.05) is 23.3 Å². The molecule has 2 N–H and O–H groups in total. The highest BCUT2D eigenvalue weighted by Crippen LogP contribution is 2.35. The Balaban J connectivity index is 2.26. The smallest absolute Gasteiger partial charge is 0.283 e. The molecule has 30 heavy (non-hydrogen) atoms. The molecule has 0 saturated carbocycles. The Morgan fingerprint density at radius 1 is 1.17 bits per heavy atom. The van der Waals surface area contributed by atoms with Crippen LogP contribution in [0.2, 0.25) is 0 Å². The number of benzene rings is 2. The van der Waals surface area contributed by atoms with Gasteiger partial charge in [0.25, 0.3) is 15.7 Å². The van der Waals surface area contributed by atoms with Crippen LogP contribution in [0, 0.1) is 0 Å². The molecule has 1 atom stereocenters. The van der Waals surface area contributed by atoms with Crippen molar-refractivity contribution in [2.45, 2.75) is 23.9 Å². The topological polar surface area (TPSA) is 93.7 Å². The van der Waals surface area contributed by atoms with Gasteiger partial charge in [0.2, 0.25) is 5.91 Å². The maximum absolute atomic E-state index is 13.3. The summed E-state index contributed by atoms with van der Waals surface area (Å²) >= 11 is 1.68. The third-order valence-electron chi connectivity index (χ3n) is 3.75. The second kappa shape index (κ2) is 10.7. The molecule has 2 rings (SSSR count). The zero-order valence-corrected chi connectivity index (χ0v) is 20.0. The van der Waals surface area contributed by atoms with Crippen LogP contribution in [0.3, 0.4) is 0 Å². The Morgan fingerprint density at radius 2 is 1.80 bits per heavy atom. The van der Waals surface area contributed by atoms with E-state index in [-0.39, 0.29) is 47.4 Å². The molecular weight excluding hydrogens is 552 g/mol. The van der Waals surface area contributed by atoms with Crippen LogP contribution < -0.4 is 14.8 Å². The quantitative estimate of drug-likeness (QED) is 0.323. The molecule has 0 radical (unpaired) electrons. The summed E-state index contributed by atoms with van der Waals surface area (Å²) in [6.45, 7) is 2.12. The fourth-order valence-electron chi connectivity index (χ4n) is 2.40. The van der Waals surface area contributed by atoms with E-state index in [0.29, 0.717) is 5.69 Å². The molecule has 1 amide bonds. The summed E-state index contributed by atoms with van der Waals surface area (Å²) in [5.41, 5.74) is -2.89. The Labute approximate surface area is 189 Å². The molecular formula is C18H20F2IN2O5PS. The second-order valence-electron chi connectivity index (χ2n) is 6.01. The number of anilines is 2. The number of alkyl halides is 2. The van der Waals surface area contributed by atoms with Crippen molar-refractivity contribution in [3.63, 3.8) is 0 Å². The van der Waals surface area contributed by atoms with E-state index in [1.807, 2.05) is 0 Å². The van der Waals surface area contributed by atoms with Crippen molar-refractivity contribution in [2.24, 2.45) is 0 Å². The average Bonchev–Trinajstić information content (AvgIpc) is 2.66. The summed E-state index contributed by atoms with van der Waals surface area (Å²) in [5.74, 6) is -0.255. The minimum absolute atomic E-state index is 0.0426. The van der Waals surface area contributed by atoms with Gasteiger partial charge in [0.15, 0.2) is 0 Å². The molecule has 0 aliphatic heterocycles. The molecule has 0 spiro atoms. The molecule has 0 saturated heterocycles. The SMILES string of the molecule is CCOc1cc(NC(=O)CCOI)ccc1S(=O)(=O)Nc1ccc(C(F)(F)P)cc1. The van der Waals surface area contributed by atoms with Gasteiger partial charge in [0, 0.05) is 23.0 Å². The van der Waals surface area contributed by atoms with Gasteiger partial charge in [-0.15, -0.1) is 0 Å². The van der Waals surface area contributed by atoms with E-state index in [1.165, 1.54) is 39.6 Å². The molecule has 164 valence electrons. The summed E-state index contributed by atoms with van der Waals surface area (Å²) in [6.07, 6.45) is 0.139. The standard InChI is InChI=1S/C18H20F2IN2O5PS/c1-2-27-15-11-14(22-17(24)9-10-28-21)7-8-16(15)30(25,26)23-13-5-3-12(4-6-13)18(19,20)29/h3-8,11,23H,2,9-10,29H2,1H3,(H,22,24). The van der Waals surface area contributed by atoms with Gasteiger partial charge in [0.05, 0.1) is 19.6 Å². The summed E-state index contributed by atoms with van der Waals surface area (Å²) in [5, 5.41) is 2.63. The monoisotopic (exact) mass is 572 g/mol. The zero-order chi connectivity index (χ0) is 22.4. The largest absolute Gasteiger partial charge is 0.492 e. The molecule has 0 bridgehead atoms. The first-order chi connectivity index (χ1) is 14.1. The first kappa shape index (κ1) is 24.7. The lowest BCUT2D eigenvalue weighted by Gasteiger charge is -2.15. The highest BCUT2D eigenvalue weighted by atomic mass is 127. The molecule has 7 nitrogen and oxygen atoms in total. The molecule has 0 heterocycles. The van der Waals surface area contributed by atoms with Gasteiger partial charge in [-0.3, -0.25) is 9.52 Å². The first-order valence-electron chi connectivity index (χ1n) is 8.67. The lowest BCUT2D eigenvalue weighted by molar-refractivity contribution is -0.116. The second-order valence-corrected chi connectivity index (χ2v) is 9.01. The van der Waals surface area contributed by atoms with Crippen molar-refractivity contribution in [1.29, 1.82) is 0 Å². The fraction of sp³-hybridized carbons (Fsp3) is 0.278. The van der Waals surface area contributed by atoms with Gasteiger partial charge in [0.1, 0.15) is 33.7 Å². The number of sulfonamides is 1. The number of ether oxygens (including phenoxy) is 1. The molecule has 1 unspecified atom stereocenters. The number of hydrogen-bond donors (Lipinski definition) is 2. The summed E-state index contributed by atoms with van der Waals surface area (Å²) in [6, 6.07) is 8.88. The van der Waals surface area contributed by atoms with E-state index in [9.17, 15) is 22.0 Å². The van der Waals surface area contributed by atoms with Crippen LogP contribution in [0.1, 0.15) is 18.9 Å². The Kier molecular flexibility index (Phi) is 8.77. The molecule has 2 aromatic rings. The van der Waals surface area contributed by atoms with Crippen LogP contribution in [-0.2, 0) is 23.5 Å². The molecule has 0 fully saturated rings. The van der Waals surface area contributed by atoms with Gasteiger partial charge < -0.3 is 13.1 Å². The van der Waals surface area contributed by atoms with Crippen LogP contribution in [0.5, 0.6) is 5.75 Å². The van der Waals surface area contributed by atoms with Gasteiger partial charge in [-0.2, -0.15) is 8.78 Å². The zero-order valence-electron chi connectivity index (χ0n) is 15.8. The van der Waals surface area contributed by atoms with Crippen molar-refractivity contribution in [1.82, 2.24) is 0 Å². The Bertz CT molecular complexity index is 985. The number of halogens is 3. The number of carbonyl (C=O) groups is 1. The molecule has 12 heteroatoms. The van der Waals surface area contributed by atoms with E-state index in [2.05, 4.69) is 10.0 Å². The van der Waals surface area contributed by atoms with Crippen LogP contribution in [-0.4, -0.2) is 27.5 Å². The number of amides is 1. The lowest BCUT2D eigenvalue weighted by atomic mass is 10.2.